The summed E-state index contributed by atoms with van der Waals surface area (Å²) in [5.41, 5.74) is 1.01. The lowest BCUT2D eigenvalue weighted by atomic mass is 10.4. The topological polar surface area (TPSA) is 58.1 Å². The predicted octanol–water partition coefficient (Wildman–Crippen LogP) is 0.534. The molecule has 1 aromatic heterocycles. The summed E-state index contributed by atoms with van der Waals surface area (Å²) in [6, 6.07) is 0. The highest BCUT2D eigenvalue weighted by Gasteiger charge is 2.18. The molecule has 1 aliphatic rings. The molecule has 1 aliphatic heterocycles. The molecule has 1 N–H and O–H groups in total. The molecule has 2 rings (SSSR count). The van der Waals surface area contributed by atoms with E-state index in [0.717, 1.165) is 48.4 Å². The van der Waals surface area contributed by atoms with Crippen LogP contribution < -0.4 is 5.32 Å². The zero-order chi connectivity index (χ0) is 11.4. The summed E-state index contributed by atoms with van der Waals surface area (Å²) in [6.07, 6.45) is 0. The maximum atomic E-state index is 11.2. The minimum atomic E-state index is -0.609. The second-order valence-corrected chi connectivity index (χ2v) is 6.15. The first-order valence-electron chi connectivity index (χ1n) is 5.42. The highest BCUT2D eigenvalue weighted by Crippen LogP contribution is 2.19. The van der Waals surface area contributed by atoms with Crippen LogP contribution in [0.1, 0.15) is 12.6 Å². The third-order valence-electron chi connectivity index (χ3n) is 2.54. The molecule has 1 fully saturated rings. The van der Waals surface area contributed by atoms with E-state index >= 15 is 0 Å². The van der Waals surface area contributed by atoms with Gasteiger partial charge in [0.05, 0.1) is 0 Å². The van der Waals surface area contributed by atoms with Crippen molar-refractivity contribution in [3.63, 3.8) is 0 Å². The van der Waals surface area contributed by atoms with E-state index in [2.05, 4.69) is 26.7 Å². The maximum absolute atomic E-state index is 11.2. The van der Waals surface area contributed by atoms with E-state index in [1.54, 1.807) is 0 Å². The van der Waals surface area contributed by atoms with Crippen molar-refractivity contribution in [3.05, 3.63) is 5.69 Å². The van der Waals surface area contributed by atoms with Crippen molar-refractivity contribution >= 4 is 27.3 Å². The molecule has 2 heterocycles. The standard InChI is InChI=1S/C9H16N4OS2/c1-2-10-9-8(11-12-15-9)7-13-3-5-16(14)6-4-13/h10H,2-7H2,1H3. The average molecular weight is 260 g/mol. The number of aromatic nitrogens is 2. The van der Waals surface area contributed by atoms with E-state index in [0.29, 0.717) is 0 Å². The third-order valence-corrected chi connectivity index (χ3v) is 4.54. The van der Waals surface area contributed by atoms with E-state index in [1.807, 2.05) is 0 Å². The van der Waals surface area contributed by atoms with Crippen LogP contribution in [-0.4, -0.2) is 49.8 Å². The molecule has 0 saturated carbocycles. The van der Waals surface area contributed by atoms with Crippen molar-refractivity contribution < 1.29 is 4.21 Å². The second-order valence-electron chi connectivity index (χ2n) is 3.70. The van der Waals surface area contributed by atoms with Crippen LogP contribution in [0, 0.1) is 0 Å². The summed E-state index contributed by atoms with van der Waals surface area (Å²) in [5.74, 6) is 1.57. The molecule has 0 bridgehead atoms. The van der Waals surface area contributed by atoms with Crippen LogP contribution in [0.2, 0.25) is 0 Å². The lowest BCUT2D eigenvalue weighted by molar-refractivity contribution is 0.288. The Balaban J connectivity index is 1.93. The van der Waals surface area contributed by atoms with Crippen molar-refractivity contribution in [1.82, 2.24) is 14.5 Å². The van der Waals surface area contributed by atoms with Gasteiger partial charge in [-0.15, -0.1) is 5.10 Å². The number of nitrogens with one attached hydrogen (secondary N) is 1. The van der Waals surface area contributed by atoms with Gasteiger partial charge in [0.25, 0.3) is 0 Å². The molecule has 0 spiro atoms. The zero-order valence-electron chi connectivity index (χ0n) is 9.31. The molecule has 90 valence electrons. The van der Waals surface area contributed by atoms with Crippen LogP contribution >= 0.6 is 11.5 Å². The van der Waals surface area contributed by atoms with Crippen LogP contribution in [0.3, 0.4) is 0 Å². The summed E-state index contributed by atoms with van der Waals surface area (Å²) in [7, 11) is -0.609. The summed E-state index contributed by atoms with van der Waals surface area (Å²) in [6.45, 7) is 5.57. The van der Waals surface area contributed by atoms with Gasteiger partial charge in [0.15, 0.2) is 0 Å². The number of hydrogen-bond donors (Lipinski definition) is 1. The van der Waals surface area contributed by atoms with E-state index in [9.17, 15) is 4.21 Å². The Hall–Kier alpha value is -0.530. The van der Waals surface area contributed by atoms with Crippen molar-refractivity contribution in [2.75, 3.05) is 36.5 Å². The first-order valence-corrected chi connectivity index (χ1v) is 7.68. The van der Waals surface area contributed by atoms with Gasteiger partial charge in [-0.1, -0.05) is 4.49 Å². The Morgan fingerprint density at radius 2 is 2.25 bits per heavy atom. The Morgan fingerprint density at radius 1 is 1.50 bits per heavy atom. The Bertz CT molecular complexity index is 358. The van der Waals surface area contributed by atoms with E-state index < -0.39 is 10.8 Å². The molecule has 0 unspecified atom stereocenters. The van der Waals surface area contributed by atoms with Crippen LogP contribution in [0.25, 0.3) is 0 Å². The first-order chi connectivity index (χ1) is 7.79. The fourth-order valence-corrected chi connectivity index (χ4v) is 3.42. The number of anilines is 1. The average Bonchev–Trinajstić information content (AvgIpc) is 2.70. The second kappa shape index (κ2) is 5.70. The molecule has 0 radical (unpaired) electrons. The number of nitrogens with zero attached hydrogens (tertiary/aromatic N) is 3. The van der Waals surface area contributed by atoms with Gasteiger partial charge in [-0.05, 0) is 6.92 Å². The molecule has 0 aliphatic carbocycles. The fraction of sp³-hybridized carbons (Fsp3) is 0.778. The van der Waals surface area contributed by atoms with Gasteiger partial charge in [-0.3, -0.25) is 9.11 Å². The molecule has 5 nitrogen and oxygen atoms in total. The lowest BCUT2D eigenvalue weighted by Crippen LogP contribution is -2.37. The molecule has 16 heavy (non-hydrogen) atoms. The summed E-state index contributed by atoms with van der Waals surface area (Å²) < 4.78 is 15.2. The van der Waals surface area contributed by atoms with Crippen LogP contribution in [0.4, 0.5) is 5.00 Å². The molecule has 7 heteroatoms. The normalized spacial score (nSPS) is 18.8. The van der Waals surface area contributed by atoms with E-state index in [4.69, 9.17) is 0 Å². The smallest absolute Gasteiger partial charge is 0.134 e. The molecule has 0 aromatic carbocycles. The largest absolute Gasteiger partial charge is 0.374 e. The summed E-state index contributed by atoms with van der Waals surface area (Å²) in [5, 5.41) is 8.46. The minimum absolute atomic E-state index is 0.609. The lowest BCUT2D eigenvalue weighted by Gasteiger charge is -2.25. The molecule has 0 atom stereocenters. The van der Waals surface area contributed by atoms with Gasteiger partial charge in [-0.25, -0.2) is 0 Å². The van der Waals surface area contributed by atoms with Crippen molar-refractivity contribution in [2.24, 2.45) is 0 Å². The molecular formula is C9H16N4OS2. The van der Waals surface area contributed by atoms with E-state index in [1.165, 1.54) is 11.5 Å². The highest BCUT2D eigenvalue weighted by molar-refractivity contribution is 7.85. The van der Waals surface area contributed by atoms with Gasteiger partial charge in [0.2, 0.25) is 0 Å². The summed E-state index contributed by atoms with van der Waals surface area (Å²) in [4.78, 5) is 2.29. The number of rotatable bonds is 4. The molecule has 1 saturated heterocycles. The van der Waals surface area contributed by atoms with Crippen LogP contribution in [-0.2, 0) is 17.3 Å². The molecule has 1 aromatic rings. The predicted molar refractivity (Wildman–Crippen MR) is 67.2 cm³/mol. The maximum Gasteiger partial charge on any atom is 0.134 e. The third kappa shape index (κ3) is 2.99. The van der Waals surface area contributed by atoms with Gasteiger partial charge in [-0.2, -0.15) is 0 Å². The Kier molecular flexibility index (Phi) is 4.25. The SMILES string of the molecule is CCNc1snnc1CN1CCS(=O)CC1. The Morgan fingerprint density at radius 3 is 2.94 bits per heavy atom. The first kappa shape index (κ1) is 11.9. The summed E-state index contributed by atoms with van der Waals surface area (Å²) >= 11 is 1.40. The fourth-order valence-electron chi connectivity index (χ4n) is 1.65. The molecular weight excluding hydrogens is 244 g/mol. The van der Waals surface area contributed by atoms with Crippen LogP contribution in [0.15, 0.2) is 0 Å². The quantitative estimate of drug-likeness (QED) is 0.856. The van der Waals surface area contributed by atoms with E-state index in [-0.39, 0.29) is 0 Å². The van der Waals surface area contributed by atoms with Gasteiger partial charge in [0.1, 0.15) is 10.7 Å². The van der Waals surface area contributed by atoms with Gasteiger partial charge < -0.3 is 5.32 Å². The monoisotopic (exact) mass is 260 g/mol. The van der Waals surface area contributed by atoms with Gasteiger partial charge >= 0.3 is 0 Å². The van der Waals surface area contributed by atoms with Crippen molar-refractivity contribution in [2.45, 2.75) is 13.5 Å². The number of hydrogen-bond acceptors (Lipinski definition) is 6. The highest BCUT2D eigenvalue weighted by atomic mass is 32.2. The Labute approximate surface area is 102 Å². The minimum Gasteiger partial charge on any atom is -0.374 e. The zero-order valence-corrected chi connectivity index (χ0v) is 10.9. The molecule has 0 amide bonds. The van der Waals surface area contributed by atoms with Gasteiger partial charge in [0, 0.05) is 60.0 Å². The van der Waals surface area contributed by atoms with Crippen LogP contribution in [0.5, 0.6) is 0 Å². The van der Waals surface area contributed by atoms with Crippen molar-refractivity contribution in [1.29, 1.82) is 0 Å². The van der Waals surface area contributed by atoms with Crippen molar-refractivity contribution in [3.8, 4) is 0 Å².